The van der Waals surface area contributed by atoms with Gasteiger partial charge in [0.1, 0.15) is 11.5 Å². The molecule has 1 heterocycles. The van der Waals surface area contributed by atoms with Crippen LogP contribution in [0.2, 0.25) is 0 Å². The van der Waals surface area contributed by atoms with E-state index in [1.165, 1.54) is 0 Å². The summed E-state index contributed by atoms with van der Waals surface area (Å²) in [7, 11) is 1.63. The minimum absolute atomic E-state index is 0.0454. The van der Waals surface area contributed by atoms with E-state index in [9.17, 15) is 4.79 Å². The normalized spacial score (nSPS) is 21.6. The molecule has 5 heteroatoms. The fourth-order valence-corrected chi connectivity index (χ4v) is 2.45. The molecule has 0 radical (unpaired) electrons. The fourth-order valence-electron chi connectivity index (χ4n) is 2.45. The number of benzene rings is 1. The molecule has 1 aliphatic heterocycles. The first kappa shape index (κ1) is 15.6. The van der Waals surface area contributed by atoms with E-state index in [0.29, 0.717) is 19.1 Å². The lowest BCUT2D eigenvalue weighted by molar-refractivity contribution is -0.122. The van der Waals surface area contributed by atoms with Crippen molar-refractivity contribution >= 4 is 5.91 Å². The molecule has 1 fully saturated rings. The third-order valence-electron chi connectivity index (χ3n) is 3.77. The predicted molar refractivity (Wildman–Crippen MR) is 81.7 cm³/mol. The van der Waals surface area contributed by atoms with E-state index in [2.05, 4.69) is 17.6 Å². The number of methoxy groups -OCH3 is 1. The minimum atomic E-state index is 0.0454. The van der Waals surface area contributed by atoms with Gasteiger partial charge in [0.25, 0.3) is 0 Å². The summed E-state index contributed by atoms with van der Waals surface area (Å²) < 4.78 is 10.6. The molecule has 0 bridgehead atoms. The number of ether oxygens (including phenoxy) is 2. The number of carbonyl (C=O) groups is 1. The number of hydrogen-bond acceptors (Lipinski definition) is 4. The molecule has 5 nitrogen and oxygen atoms in total. The third-order valence-corrected chi connectivity index (χ3v) is 3.77. The SMILES string of the molecule is COc1ccc(OCCC(=O)NC2CCCNC2C)cc1. The number of piperidine rings is 1. The van der Waals surface area contributed by atoms with E-state index < -0.39 is 0 Å². The summed E-state index contributed by atoms with van der Waals surface area (Å²) in [6, 6.07) is 7.92. The van der Waals surface area contributed by atoms with Gasteiger partial charge in [0.05, 0.1) is 20.1 Å². The molecule has 21 heavy (non-hydrogen) atoms. The summed E-state index contributed by atoms with van der Waals surface area (Å²) >= 11 is 0. The second-order valence-electron chi connectivity index (χ2n) is 5.33. The van der Waals surface area contributed by atoms with Gasteiger partial charge in [0.15, 0.2) is 0 Å². The number of nitrogens with one attached hydrogen (secondary N) is 2. The molecule has 1 saturated heterocycles. The first-order valence-corrected chi connectivity index (χ1v) is 7.48. The van der Waals surface area contributed by atoms with Gasteiger partial charge in [-0.3, -0.25) is 4.79 Å². The maximum absolute atomic E-state index is 11.9. The molecule has 0 spiro atoms. The van der Waals surface area contributed by atoms with Crippen LogP contribution in [0.5, 0.6) is 11.5 Å². The van der Waals surface area contributed by atoms with E-state index in [1.807, 2.05) is 24.3 Å². The zero-order valence-electron chi connectivity index (χ0n) is 12.7. The Balaban J connectivity index is 1.68. The number of hydrogen-bond donors (Lipinski definition) is 2. The molecular formula is C16H24N2O3. The summed E-state index contributed by atoms with van der Waals surface area (Å²) in [4.78, 5) is 11.9. The van der Waals surface area contributed by atoms with E-state index in [4.69, 9.17) is 9.47 Å². The highest BCUT2D eigenvalue weighted by Gasteiger charge is 2.21. The Kier molecular flexibility index (Phi) is 5.87. The van der Waals surface area contributed by atoms with E-state index in [-0.39, 0.29) is 11.9 Å². The van der Waals surface area contributed by atoms with Gasteiger partial charge in [-0.25, -0.2) is 0 Å². The molecule has 0 saturated carbocycles. The molecule has 2 atom stereocenters. The summed E-state index contributed by atoms with van der Waals surface area (Å²) in [5.74, 6) is 1.58. The highest BCUT2D eigenvalue weighted by atomic mass is 16.5. The first-order valence-electron chi connectivity index (χ1n) is 7.48. The second kappa shape index (κ2) is 7.88. The van der Waals surface area contributed by atoms with Gasteiger partial charge in [-0.1, -0.05) is 0 Å². The molecule has 2 rings (SSSR count). The van der Waals surface area contributed by atoms with Crippen molar-refractivity contribution in [2.24, 2.45) is 0 Å². The quantitative estimate of drug-likeness (QED) is 0.838. The van der Waals surface area contributed by atoms with Gasteiger partial charge < -0.3 is 20.1 Å². The Morgan fingerprint density at radius 2 is 2.05 bits per heavy atom. The van der Waals surface area contributed by atoms with Gasteiger partial charge >= 0.3 is 0 Å². The largest absolute Gasteiger partial charge is 0.497 e. The average molecular weight is 292 g/mol. The Morgan fingerprint density at radius 1 is 1.33 bits per heavy atom. The minimum Gasteiger partial charge on any atom is -0.497 e. The molecule has 1 aromatic rings. The van der Waals surface area contributed by atoms with Gasteiger partial charge in [-0.15, -0.1) is 0 Å². The molecular weight excluding hydrogens is 268 g/mol. The Bertz CT molecular complexity index is 447. The van der Waals surface area contributed by atoms with Crippen molar-refractivity contribution in [1.29, 1.82) is 0 Å². The first-order chi connectivity index (χ1) is 10.2. The van der Waals surface area contributed by atoms with Gasteiger partial charge in [-0.2, -0.15) is 0 Å². The number of amides is 1. The zero-order chi connectivity index (χ0) is 15.1. The van der Waals surface area contributed by atoms with E-state index in [1.54, 1.807) is 7.11 Å². The van der Waals surface area contributed by atoms with Crippen LogP contribution in [0.3, 0.4) is 0 Å². The third kappa shape index (κ3) is 4.93. The molecule has 1 amide bonds. The maximum Gasteiger partial charge on any atom is 0.223 e. The van der Waals surface area contributed by atoms with E-state index in [0.717, 1.165) is 30.9 Å². The van der Waals surface area contributed by atoms with E-state index >= 15 is 0 Å². The van der Waals surface area contributed by atoms with Crippen LogP contribution in [0.25, 0.3) is 0 Å². The monoisotopic (exact) mass is 292 g/mol. The van der Waals surface area contributed by atoms with Crippen molar-refractivity contribution < 1.29 is 14.3 Å². The van der Waals surface area contributed by atoms with Crippen LogP contribution in [0.1, 0.15) is 26.2 Å². The summed E-state index contributed by atoms with van der Waals surface area (Å²) in [6.07, 6.45) is 2.52. The standard InChI is InChI=1S/C16H24N2O3/c1-12-15(4-3-10-17-12)18-16(19)9-11-21-14-7-5-13(20-2)6-8-14/h5-8,12,15,17H,3-4,9-11H2,1-2H3,(H,18,19). The van der Waals surface area contributed by atoms with Crippen molar-refractivity contribution in [3.8, 4) is 11.5 Å². The highest BCUT2D eigenvalue weighted by molar-refractivity contribution is 5.76. The van der Waals surface area contributed by atoms with Crippen LogP contribution >= 0.6 is 0 Å². The van der Waals surface area contributed by atoms with Crippen LogP contribution in [-0.4, -0.2) is 38.3 Å². The number of rotatable bonds is 6. The van der Waals surface area contributed by atoms with Gasteiger partial charge in [-0.05, 0) is 50.6 Å². The molecule has 116 valence electrons. The summed E-state index contributed by atoms with van der Waals surface area (Å²) in [5, 5.41) is 6.44. The van der Waals surface area contributed by atoms with Crippen molar-refractivity contribution in [1.82, 2.24) is 10.6 Å². The highest BCUT2D eigenvalue weighted by Crippen LogP contribution is 2.17. The molecule has 0 aliphatic carbocycles. The van der Waals surface area contributed by atoms with Crippen LogP contribution < -0.4 is 20.1 Å². The molecule has 0 aromatic heterocycles. The smallest absolute Gasteiger partial charge is 0.223 e. The molecule has 2 unspecified atom stereocenters. The van der Waals surface area contributed by atoms with Crippen molar-refractivity contribution in [2.75, 3.05) is 20.3 Å². The average Bonchev–Trinajstić information content (AvgIpc) is 2.50. The lowest BCUT2D eigenvalue weighted by Crippen LogP contribution is -2.52. The predicted octanol–water partition coefficient (Wildman–Crippen LogP) is 1.72. The zero-order valence-corrected chi connectivity index (χ0v) is 12.7. The second-order valence-corrected chi connectivity index (χ2v) is 5.33. The number of carbonyl (C=O) groups excluding carboxylic acids is 1. The van der Waals surface area contributed by atoms with Crippen LogP contribution in [0.15, 0.2) is 24.3 Å². The van der Waals surface area contributed by atoms with Crippen molar-refractivity contribution in [3.63, 3.8) is 0 Å². The molecule has 1 aromatic carbocycles. The van der Waals surface area contributed by atoms with Crippen molar-refractivity contribution in [2.45, 2.75) is 38.3 Å². The van der Waals surface area contributed by atoms with Crippen LogP contribution in [-0.2, 0) is 4.79 Å². The molecule has 1 aliphatic rings. The summed E-state index contributed by atoms with van der Waals surface area (Å²) in [6.45, 7) is 3.53. The van der Waals surface area contributed by atoms with Gasteiger partial charge in [0.2, 0.25) is 5.91 Å². The van der Waals surface area contributed by atoms with Crippen LogP contribution in [0, 0.1) is 0 Å². The lowest BCUT2D eigenvalue weighted by atomic mass is 10.00. The molecule has 2 N–H and O–H groups in total. The Labute approximate surface area is 126 Å². The Morgan fingerprint density at radius 3 is 2.71 bits per heavy atom. The Hall–Kier alpha value is -1.75. The van der Waals surface area contributed by atoms with Crippen LogP contribution in [0.4, 0.5) is 0 Å². The summed E-state index contributed by atoms with van der Waals surface area (Å²) in [5.41, 5.74) is 0. The maximum atomic E-state index is 11.9. The lowest BCUT2D eigenvalue weighted by Gasteiger charge is -2.30. The van der Waals surface area contributed by atoms with Gasteiger partial charge in [0, 0.05) is 12.1 Å². The topological polar surface area (TPSA) is 59.6 Å². The van der Waals surface area contributed by atoms with Crippen molar-refractivity contribution in [3.05, 3.63) is 24.3 Å². The fraction of sp³-hybridized carbons (Fsp3) is 0.562.